The van der Waals surface area contributed by atoms with Gasteiger partial charge in [0, 0.05) is 24.7 Å². The van der Waals surface area contributed by atoms with Gasteiger partial charge in [-0.25, -0.2) is 0 Å². The first kappa shape index (κ1) is 18.4. The lowest BCUT2D eigenvalue weighted by Crippen LogP contribution is -2.36. The summed E-state index contributed by atoms with van der Waals surface area (Å²) in [5, 5.41) is 0.559. The van der Waals surface area contributed by atoms with Crippen molar-refractivity contribution in [3.05, 3.63) is 63.8 Å². The second kappa shape index (κ2) is 7.94. The second-order valence-electron chi connectivity index (χ2n) is 6.75. The zero-order valence-corrected chi connectivity index (χ0v) is 16.1. The Balaban J connectivity index is 1.64. The summed E-state index contributed by atoms with van der Waals surface area (Å²) in [4.78, 5) is 14.6. The van der Waals surface area contributed by atoms with E-state index < -0.39 is 0 Å². The van der Waals surface area contributed by atoms with Crippen LogP contribution in [0.4, 0.5) is 5.88 Å². The maximum absolute atomic E-state index is 12.6. The normalized spacial score (nSPS) is 14.3. The van der Waals surface area contributed by atoms with Crippen molar-refractivity contribution in [2.45, 2.75) is 13.5 Å². The topological polar surface area (TPSA) is 61.1 Å². The van der Waals surface area contributed by atoms with Crippen molar-refractivity contribution < 1.29 is 18.6 Å². The monoisotopic (exact) mass is 381 g/mol. The molecule has 0 saturated carbocycles. The van der Waals surface area contributed by atoms with E-state index in [1.54, 1.807) is 19.2 Å². The van der Waals surface area contributed by atoms with Crippen LogP contribution in [0.3, 0.4) is 0 Å². The maximum Gasteiger partial charge on any atom is 0.200 e. The molecule has 0 radical (unpaired) electrons. The summed E-state index contributed by atoms with van der Waals surface area (Å²) in [6.07, 6.45) is 0. The molecule has 6 nitrogen and oxygen atoms in total. The number of methoxy groups -OCH3 is 1. The third kappa shape index (κ3) is 3.68. The summed E-state index contributed by atoms with van der Waals surface area (Å²) in [5.74, 6) is 2.06. The number of hydrogen-bond acceptors (Lipinski definition) is 6. The number of benzene rings is 2. The molecular formula is C22H23NO5. The Morgan fingerprint density at radius 3 is 2.71 bits per heavy atom. The van der Waals surface area contributed by atoms with E-state index in [0.717, 1.165) is 16.9 Å². The molecule has 6 heteroatoms. The third-order valence-electron chi connectivity index (χ3n) is 4.93. The van der Waals surface area contributed by atoms with Crippen LogP contribution in [0.1, 0.15) is 11.1 Å². The van der Waals surface area contributed by atoms with Gasteiger partial charge < -0.3 is 23.5 Å². The van der Waals surface area contributed by atoms with Gasteiger partial charge in [-0.05, 0) is 36.8 Å². The van der Waals surface area contributed by atoms with Gasteiger partial charge in [-0.2, -0.15) is 0 Å². The van der Waals surface area contributed by atoms with Gasteiger partial charge in [0.25, 0.3) is 0 Å². The minimum atomic E-state index is -0.0508. The van der Waals surface area contributed by atoms with E-state index >= 15 is 0 Å². The Morgan fingerprint density at radius 1 is 1.11 bits per heavy atom. The van der Waals surface area contributed by atoms with Crippen molar-refractivity contribution in [2.24, 2.45) is 0 Å². The molecule has 1 fully saturated rings. The van der Waals surface area contributed by atoms with Gasteiger partial charge in [-0.15, -0.1) is 0 Å². The van der Waals surface area contributed by atoms with Crippen LogP contribution in [-0.2, 0) is 11.3 Å². The van der Waals surface area contributed by atoms with Gasteiger partial charge in [0.2, 0.25) is 0 Å². The number of morpholine rings is 1. The van der Waals surface area contributed by atoms with Gasteiger partial charge >= 0.3 is 0 Å². The predicted octanol–water partition coefficient (Wildman–Crippen LogP) is 3.53. The first-order valence-electron chi connectivity index (χ1n) is 9.31. The maximum atomic E-state index is 12.6. The average molecular weight is 381 g/mol. The average Bonchev–Trinajstić information content (AvgIpc) is 2.74. The van der Waals surface area contributed by atoms with Crippen molar-refractivity contribution >= 4 is 16.9 Å². The van der Waals surface area contributed by atoms with Gasteiger partial charge in [0.1, 0.15) is 23.7 Å². The fourth-order valence-corrected chi connectivity index (χ4v) is 3.34. The van der Waals surface area contributed by atoms with Crippen LogP contribution in [0.25, 0.3) is 11.0 Å². The Labute approximate surface area is 163 Å². The van der Waals surface area contributed by atoms with Crippen molar-refractivity contribution in [1.29, 1.82) is 0 Å². The molecule has 0 unspecified atom stereocenters. The molecular weight excluding hydrogens is 358 g/mol. The number of fused-ring (bicyclic) bond motifs is 1. The summed E-state index contributed by atoms with van der Waals surface area (Å²) in [6.45, 7) is 4.99. The van der Waals surface area contributed by atoms with Crippen molar-refractivity contribution in [2.75, 3.05) is 38.3 Å². The number of aryl methyl sites for hydroxylation is 1. The zero-order valence-electron chi connectivity index (χ0n) is 16.1. The van der Waals surface area contributed by atoms with Crippen molar-refractivity contribution in [1.82, 2.24) is 0 Å². The highest BCUT2D eigenvalue weighted by Crippen LogP contribution is 2.29. The largest absolute Gasteiger partial charge is 0.497 e. The fraction of sp³-hybridized carbons (Fsp3) is 0.318. The van der Waals surface area contributed by atoms with Gasteiger partial charge in [-0.1, -0.05) is 12.1 Å². The van der Waals surface area contributed by atoms with E-state index in [2.05, 4.69) is 0 Å². The standard InChI is InChI=1S/C22H23NO5/c1-15-20(27-14-16-4-3-5-17(12-16)25-2)7-6-18-19(24)13-21(28-22(15)18)23-8-10-26-11-9-23/h3-7,12-13H,8-11,14H2,1-2H3. The van der Waals surface area contributed by atoms with Crippen LogP contribution in [-0.4, -0.2) is 33.4 Å². The molecule has 1 saturated heterocycles. The van der Waals surface area contributed by atoms with E-state index in [1.807, 2.05) is 42.2 Å². The van der Waals surface area contributed by atoms with E-state index in [0.29, 0.717) is 55.5 Å². The lowest BCUT2D eigenvalue weighted by molar-refractivity contribution is 0.121. The fourth-order valence-electron chi connectivity index (χ4n) is 3.34. The van der Waals surface area contributed by atoms with Crippen LogP contribution < -0.4 is 19.8 Å². The zero-order chi connectivity index (χ0) is 19.5. The summed E-state index contributed by atoms with van der Waals surface area (Å²) >= 11 is 0. The summed E-state index contributed by atoms with van der Waals surface area (Å²) < 4.78 is 22.8. The van der Waals surface area contributed by atoms with Crippen LogP contribution in [0, 0.1) is 6.92 Å². The Morgan fingerprint density at radius 2 is 1.93 bits per heavy atom. The molecule has 2 aromatic carbocycles. The van der Waals surface area contributed by atoms with E-state index in [9.17, 15) is 4.79 Å². The highest BCUT2D eigenvalue weighted by Gasteiger charge is 2.17. The Kier molecular flexibility index (Phi) is 5.21. The molecule has 3 aromatic rings. The molecule has 1 aliphatic rings. The van der Waals surface area contributed by atoms with E-state index in [1.165, 1.54) is 0 Å². The van der Waals surface area contributed by atoms with E-state index in [4.69, 9.17) is 18.6 Å². The molecule has 2 heterocycles. The van der Waals surface area contributed by atoms with Crippen LogP contribution in [0.2, 0.25) is 0 Å². The summed E-state index contributed by atoms with van der Waals surface area (Å²) in [7, 11) is 1.64. The van der Waals surface area contributed by atoms with Crippen LogP contribution in [0.15, 0.2) is 51.7 Å². The molecule has 0 spiro atoms. The SMILES string of the molecule is COc1cccc(COc2ccc3c(=O)cc(N4CCOCC4)oc3c2C)c1. The predicted molar refractivity (Wildman–Crippen MR) is 108 cm³/mol. The number of nitrogens with zero attached hydrogens (tertiary/aromatic N) is 1. The van der Waals surface area contributed by atoms with Crippen LogP contribution >= 0.6 is 0 Å². The Hall–Kier alpha value is -2.99. The lowest BCUT2D eigenvalue weighted by Gasteiger charge is -2.27. The molecule has 1 aliphatic heterocycles. The smallest absolute Gasteiger partial charge is 0.200 e. The highest BCUT2D eigenvalue weighted by molar-refractivity contribution is 5.82. The van der Waals surface area contributed by atoms with Crippen molar-refractivity contribution in [3.8, 4) is 11.5 Å². The minimum Gasteiger partial charge on any atom is -0.497 e. The minimum absolute atomic E-state index is 0.0508. The molecule has 0 aliphatic carbocycles. The van der Waals surface area contributed by atoms with Gasteiger partial charge in [0.05, 0.1) is 25.7 Å². The van der Waals surface area contributed by atoms with Gasteiger partial charge in [0.15, 0.2) is 11.3 Å². The quantitative estimate of drug-likeness (QED) is 0.674. The van der Waals surface area contributed by atoms with Crippen molar-refractivity contribution in [3.63, 3.8) is 0 Å². The molecule has 28 heavy (non-hydrogen) atoms. The summed E-state index contributed by atoms with van der Waals surface area (Å²) in [5.41, 5.74) is 2.33. The molecule has 4 rings (SSSR count). The lowest BCUT2D eigenvalue weighted by atomic mass is 10.1. The number of anilines is 1. The van der Waals surface area contributed by atoms with Crippen LogP contribution in [0.5, 0.6) is 11.5 Å². The second-order valence-corrected chi connectivity index (χ2v) is 6.75. The first-order valence-corrected chi connectivity index (χ1v) is 9.31. The third-order valence-corrected chi connectivity index (χ3v) is 4.93. The number of ether oxygens (including phenoxy) is 3. The molecule has 0 amide bonds. The molecule has 146 valence electrons. The number of hydrogen-bond donors (Lipinski definition) is 0. The number of rotatable bonds is 5. The molecule has 0 N–H and O–H groups in total. The first-order chi connectivity index (χ1) is 13.7. The highest BCUT2D eigenvalue weighted by atomic mass is 16.5. The molecule has 0 atom stereocenters. The van der Waals surface area contributed by atoms with E-state index in [-0.39, 0.29) is 5.43 Å². The Bertz CT molecular complexity index is 1040. The molecule has 0 bridgehead atoms. The molecule has 1 aromatic heterocycles. The van der Waals surface area contributed by atoms with Gasteiger partial charge in [-0.3, -0.25) is 4.79 Å². The summed E-state index contributed by atoms with van der Waals surface area (Å²) in [6, 6.07) is 12.9.